The number of nitrogens with zero attached hydrogens (tertiary/aromatic N) is 2. The second kappa shape index (κ2) is 9.13. The molecule has 2 atom stereocenters. The van der Waals surface area contributed by atoms with Crippen LogP contribution in [0.25, 0.3) is 0 Å². The molecule has 2 aromatic carbocycles. The number of aromatic hydroxyl groups is 1. The summed E-state index contributed by atoms with van der Waals surface area (Å²) in [5.41, 5.74) is 0.121. The van der Waals surface area contributed by atoms with Gasteiger partial charge in [0.05, 0.1) is 17.2 Å². The zero-order chi connectivity index (χ0) is 24.7. The molecule has 2 aliphatic heterocycles. The lowest BCUT2D eigenvalue weighted by atomic mass is 9.81. The molecule has 5 nitrogen and oxygen atoms in total. The number of hydrogen-bond donors (Lipinski definition) is 1. The van der Waals surface area contributed by atoms with Gasteiger partial charge in [0, 0.05) is 31.2 Å². The van der Waals surface area contributed by atoms with Gasteiger partial charge in [0.1, 0.15) is 0 Å². The molecule has 4 rings (SSSR count). The summed E-state index contributed by atoms with van der Waals surface area (Å²) < 4.78 is 45.6. The Morgan fingerprint density at radius 2 is 1.94 bits per heavy atom. The molecular formula is C26H31F3N2O3. The fourth-order valence-corrected chi connectivity index (χ4v) is 5.32. The van der Waals surface area contributed by atoms with Gasteiger partial charge < -0.3 is 14.7 Å². The Balaban J connectivity index is 1.52. The van der Waals surface area contributed by atoms with E-state index in [9.17, 15) is 23.1 Å². The summed E-state index contributed by atoms with van der Waals surface area (Å²) in [6, 6.07) is 10.6. The standard InChI is InChI=1S/C26H31F3N2O3/c1-17(2)34-23-13-19(7-8-22(23)32)16-30-12-11-25(15-18(30)3)10-9-24(33)31(25)21-6-4-5-20(14-21)26(27,28)29/h4-8,13-14,17-18,32H,9-12,15-16H2,1-3H3/t18-,25+/m0/s1. The molecule has 2 aliphatic rings. The highest BCUT2D eigenvalue weighted by atomic mass is 19.4. The van der Waals surface area contributed by atoms with Crippen LogP contribution in [0.3, 0.4) is 0 Å². The number of amides is 1. The van der Waals surface area contributed by atoms with E-state index in [-0.39, 0.29) is 23.8 Å². The molecule has 2 aromatic rings. The molecule has 0 aliphatic carbocycles. The van der Waals surface area contributed by atoms with Crippen molar-refractivity contribution in [2.24, 2.45) is 0 Å². The highest BCUT2D eigenvalue weighted by Gasteiger charge is 2.49. The van der Waals surface area contributed by atoms with E-state index in [0.717, 1.165) is 17.7 Å². The normalized spacial score (nSPS) is 23.8. The van der Waals surface area contributed by atoms with Crippen LogP contribution in [0.5, 0.6) is 11.5 Å². The highest BCUT2D eigenvalue weighted by molar-refractivity contribution is 5.97. The number of benzene rings is 2. The molecule has 0 saturated carbocycles. The molecule has 2 saturated heterocycles. The van der Waals surface area contributed by atoms with Gasteiger partial charge in [-0.3, -0.25) is 9.69 Å². The summed E-state index contributed by atoms with van der Waals surface area (Å²) in [4.78, 5) is 16.8. The zero-order valence-electron chi connectivity index (χ0n) is 19.7. The lowest BCUT2D eigenvalue weighted by molar-refractivity contribution is -0.137. The van der Waals surface area contributed by atoms with Crippen molar-refractivity contribution >= 4 is 11.6 Å². The first kappa shape index (κ1) is 24.4. The first-order valence-corrected chi connectivity index (χ1v) is 11.7. The Kier molecular flexibility index (Phi) is 6.55. The molecule has 8 heteroatoms. The fraction of sp³-hybridized carbons (Fsp3) is 0.500. The minimum atomic E-state index is -4.45. The molecule has 0 unspecified atom stereocenters. The molecule has 0 radical (unpaired) electrons. The van der Waals surface area contributed by atoms with E-state index in [4.69, 9.17) is 4.74 Å². The number of carbonyl (C=O) groups excluding carboxylic acids is 1. The van der Waals surface area contributed by atoms with Crippen molar-refractivity contribution in [2.45, 2.75) is 76.9 Å². The summed E-state index contributed by atoms with van der Waals surface area (Å²) >= 11 is 0. The average molecular weight is 477 g/mol. The van der Waals surface area contributed by atoms with Crippen LogP contribution in [0.4, 0.5) is 18.9 Å². The third-order valence-corrected chi connectivity index (χ3v) is 6.90. The number of phenols is 1. The third kappa shape index (κ3) is 4.87. The summed E-state index contributed by atoms with van der Waals surface area (Å²) in [5, 5.41) is 10.1. The number of rotatable bonds is 5. The summed E-state index contributed by atoms with van der Waals surface area (Å²) in [5.74, 6) is 0.434. The van der Waals surface area contributed by atoms with Crippen molar-refractivity contribution < 1.29 is 27.8 Å². The van der Waals surface area contributed by atoms with E-state index in [1.54, 1.807) is 17.0 Å². The average Bonchev–Trinajstić information content (AvgIpc) is 3.07. The SMILES string of the molecule is CC(C)Oc1cc(CN2CC[C@]3(CCC(=O)N3c3cccc(C(F)(F)F)c3)C[C@@H]2C)ccc1O. The molecule has 0 aromatic heterocycles. The third-order valence-electron chi connectivity index (χ3n) is 6.90. The van der Waals surface area contributed by atoms with Crippen LogP contribution < -0.4 is 9.64 Å². The van der Waals surface area contributed by atoms with Gasteiger partial charge in [-0.15, -0.1) is 0 Å². The summed E-state index contributed by atoms with van der Waals surface area (Å²) in [6.07, 6.45) is -2.15. The fourth-order valence-electron chi connectivity index (χ4n) is 5.32. The molecule has 1 amide bonds. The number of anilines is 1. The van der Waals surface area contributed by atoms with Crippen LogP contribution in [0.2, 0.25) is 0 Å². The molecule has 2 fully saturated rings. The van der Waals surface area contributed by atoms with E-state index in [1.807, 2.05) is 26.0 Å². The van der Waals surface area contributed by atoms with Crippen LogP contribution in [0.15, 0.2) is 42.5 Å². The zero-order valence-corrected chi connectivity index (χ0v) is 19.7. The molecule has 1 N–H and O–H groups in total. The number of ether oxygens (including phenoxy) is 1. The predicted molar refractivity (Wildman–Crippen MR) is 124 cm³/mol. The predicted octanol–water partition coefficient (Wildman–Crippen LogP) is 5.75. The van der Waals surface area contributed by atoms with E-state index in [1.165, 1.54) is 6.07 Å². The van der Waals surface area contributed by atoms with Crippen LogP contribution in [0, 0.1) is 0 Å². The van der Waals surface area contributed by atoms with Gasteiger partial charge in [-0.1, -0.05) is 12.1 Å². The number of halogens is 3. The summed E-state index contributed by atoms with van der Waals surface area (Å²) in [6.45, 7) is 7.27. The second-order valence-corrected chi connectivity index (χ2v) is 9.74. The van der Waals surface area contributed by atoms with Gasteiger partial charge in [-0.2, -0.15) is 13.2 Å². The van der Waals surface area contributed by atoms with E-state index in [0.29, 0.717) is 50.2 Å². The molecule has 1 spiro atoms. The Hall–Kier alpha value is -2.74. The monoisotopic (exact) mass is 476 g/mol. The lowest BCUT2D eigenvalue weighted by Crippen LogP contribution is -2.56. The highest BCUT2D eigenvalue weighted by Crippen LogP contribution is 2.45. The van der Waals surface area contributed by atoms with Crippen molar-refractivity contribution in [1.29, 1.82) is 0 Å². The van der Waals surface area contributed by atoms with Gasteiger partial charge in [-0.05, 0) is 75.9 Å². The van der Waals surface area contributed by atoms with Crippen LogP contribution in [0.1, 0.15) is 57.6 Å². The molecular weight excluding hydrogens is 445 g/mol. The number of alkyl halides is 3. The maximum absolute atomic E-state index is 13.3. The van der Waals surface area contributed by atoms with Crippen molar-refractivity contribution in [2.75, 3.05) is 11.4 Å². The molecule has 34 heavy (non-hydrogen) atoms. The van der Waals surface area contributed by atoms with Gasteiger partial charge in [0.25, 0.3) is 0 Å². The summed E-state index contributed by atoms with van der Waals surface area (Å²) in [7, 11) is 0. The number of phenolic OH excluding ortho intramolecular Hbond substituents is 1. The number of hydrogen-bond acceptors (Lipinski definition) is 4. The van der Waals surface area contributed by atoms with Gasteiger partial charge in [0.2, 0.25) is 5.91 Å². The van der Waals surface area contributed by atoms with Crippen LogP contribution >= 0.6 is 0 Å². The quantitative estimate of drug-likeness (QED) is 0.597. The maximum Gasteiger partial charge on any atom is 0.416 e. The minimum Gasteiger partial charge on any atom is -0.504 e. The van der Waals surface area contributed by atoms with E-state index < -0.39 is 17.3 Å². The lowest BCUT2D eigenvalue weighted by Gasteiger charge is -2.48. The molecule has 2 heterocycles. The molecule has 0 bridgehead atoms. The Bertz CT molecular complexity index is 1060. The van der Waals surface area contributed by atoms with Crippen molar-refractivity contribution in [3.05, 3.63) is 53.6 Å². The number of carbonyl (C=O) groups is 1. The minimum absolute atomic E-state index is 0.0587. The Morgan fingerprint density at radius 3 is 2.62 bits per heavy atom. The first-order chi connectivity index (χ1) is 16.0. The van der Waals surface area contributed by atoms with Crippen molar-refractivity contribution in [3.63, 3.8) is 0 Å². The van der Waals surface area contributed by atoms with Crippen molar-refractivity contribution in [1.82, 2.24) is 4.90 Å². The molecule has 184 valence electrons. The van der Waals surface area contributed by atoms with Crippen LogP contribution in [-0.4, -0.2) is 40.1 Å². The van der Waals surface area contributed by atoms with E-state index in [2.05, 4.69) is 11.8 Å². The van der Waals surface area contributed by atoms with Crippen molar-refractivity contribution in [3.8, 4) is 11.5 Å². The van der Waals surface area contributed by atoms with Crippen LogP contribution in [-0.2, 0) is 17.5 Å². The first-order valence-electron chi connectivity index (χ1n) is 11.7. The van der Waals surface area contributed by atoms with Gasteiger partial charge in [0.15, 0.2) is 11.5 Å². The van der Waals surface area contributed by atoms with Gasteiger partial charge >= 0.3 is 6.18 Å². The number of likely N-dealkylation sites (tertiary alicyclic amines) is 1. The topological polar surface area (TPSA) is 53.0 Å². The Labute approximate surface area is 198 Å². The van der Waals surface area contributed by atoms with E-state index >= 15 is 0 Å². The Morgan fingerprint density at radius 1 is 1.18 bits per heavy atom. The smallest absolute Gasteiger partial charge is 0.416 e. The number of piperidine rings is 1. The van der Waals surface area contributed by atoms with Gasteiger partial charge in [-0.25, -0.2) is 0 Å². The largest absolute Gasteiger partial charge is 0.504 e. The second-order valence-electron chi connectivity index (χ2n) is 9.74. The maximum atomic E-state index is 13.3.